The van der Waals surface area contributed by atoms with Crippen LogP contribution < -0.4 is 15.4 Å². The van der Waals surface area contributed by atoms with E-state index in [-0.39, 0.29) is 23.1 Å². The molecule has 12 heteroatoms. The van der Waals surface area contributed by atoms with Gasteiger partial charge in [-0.25, -0.2) is 13.4 Å². The number of carbonyl (C=O) groups excluding carboxylic acids is 2. The third-order valence-electron chi connectivity index (χ3n) is 7.32. The molecule has 0 saturated carbocycles. The highest BCUT2D eigenvalue weighted by Gasteiger charge is 2.39. The van der Waals surface area contributed by atoms with E-state index < -0.39 is 22.1 Å². The van der Waals surface area contributed by atoms with Crippen LogP contribution in [0.1, 0.15) is 43.7 Å². The fourth-order valence-corrected chi connectivity index (χ4v) is 6.78. The third-order valence-corrected chi connectivity index (χ3v) is 8.87. The molecular weight excluding hydrogens is 506 g/mol. The summed E-state index contributed by atoms with van der Waals surface area (Å²) in [6.45, 7) is 4.30. The molecular formula is C26H39N7O4S. The molecule has 2 unspecified atom stereocenters. The molecule has 1 aromatic carbocycles. The Kier molecular flexibility index (Phi) is 9.06. The van der Waals surface area contributed by atoms with Crippen LogP contribution in [0.15, 0.2) is 35.5 Å². The minimum absolute atomic E-state index is 0.143. The van der Waals surface area contributed by atoms with Gasteiger partial charge in [0.2, 0.25) is 21.8 Å². The second-order valence-electron chi connectivity index (χ2n) is 10.4. The number of carbonyl (C=O) groups is 2. The van der Waals surface area contributed by atoms with Gasteiger partial charge in [0.05, 0.1) is 4.90 Å². The zero-order valence-electron chi connectivity index (χ0n) is 22.4. The summed E-state index contributed by atoms with van der Waals surface area (Å²) < 4.78 is 30.1. The van der Waals surface area contributed by atoms with Gasteiger partial charge < -0.3 is 25.4 Å². The number of benzene rings is 1. The fourth-order valence-electron chi connectivity index (χ4n) is 5.24. The lowest BCUT2D eigenvalue weighted by molar-refractivity contribution is -0.148. The van der Waals surface area contributed by atoms with Crippen molar-refractivity contribution < 1.29 is 18.0 Å². The smallest absolute Gasteiger partial charge is 0.244 e. The maximum Gasteiger partial charge on any atom is 0.244 e. The Morgan fingerprint density at radius 3 is 2.84 bits per heavy atom. The summed E-state index contributed by atoms with van der Waals surface area (Å²) in [7, 11) is -0.632. The number of likely N-dealkylation sites (N-methyl/N-ethyl adjacent to an activating group) is 1. The largest absolute Gasteiger partial charge is 0.356 e. The van der Waals surface area contributed by atoms with Crippen LogP contribution in [-0.4, -0.2) is 85.8 Å². The predicted molar refractivity (Wildman–Crippen MR) is 145 cm³/mol. The molecule has 2 aliphatic heterocycles. The van der Waals surface area contributed by atoms with E-state index in [1.807, 2.05) is 6.07 Å². The second-order valence-corrected chi connectivity index (χ2v) is 12.1. The molecule has 0 spiro atoms. The Hall–Kier alpha value is -2.96. The minimum atomic E-state index is -3.99. The molecule has 3 atom stereocenters. The molecule has 3 heterocycles. The number of imidazole rings is 1. The van der Waals surface area contributed by atoms with Crippen LogP contribution >= 0.6 is 0 Å². The van der Waals surface area contributed by atoms with Gasteiger partial charge in [-0.05, 0) is 61.8 Å². The summed E-state index contributed by atoms with van der Waals surface area (Å²) >= 11 is 0. The molecule has 1 saturated heterocycles. The first-order valence-corrected chi connectivity index (χ1v) is 14.7. The Balaban J connectivity index is 1.57. The summed E-state index contributed by atoms with van der Waals surface area (Å²) in [5.74, 6) is 0.408. The quantitative estimate of drug-likeness (QED) is 0.330. The zero-order valence-corrected chi connectivity index (χ0v) is 23.2. The van der Waals surface area contributed by atoms with Crippen molar-refractivity contribution in [1.82, 2.24) is 29.8 Å². The lowest BCUT2D eigenvalue weighted by Crippen LogP contribution is -2.58. The van der Waals surface area contributed by atoms with E-state index in [4.69, 9.17) is 0 Å². The molecule has 0 bridgehead atoms. The Morgan fingerprint density at radius 1 is 1.29 bits per heavy atom. The standard InChI is InChI=1S/C26H39N7O4S/c1-18-10-15-33(22(16-18)25(35)32(2)3)24(34)21(7-5-11-28-26-29-13-14-30-26)31-38(36,37)23-8-4-6-19-17-27-12-9-20(19)23/h4,6,8,13-14,18,21-22,27,31H,5,7,9-12,15-17H2,1-3H3,(H2,28,29,30)/t18?,21-,22?/m0/s1. The van der Waals surface area contributed by atoms with E-state index in [9.17, 15) is 18.0 Å². The predicted octanol–water partition coefficient (Wildman–Crippen LogP) is 1.31. The maximum absolute atomic E-state index is 13.9. The number of anilines is 1. The van der Waals surface area contributed by atoms with Crippen molar-refractivity contribution in [1.29, 1.82) is 0 Å². The van der Waals surface area contributed by atoms with Gasteiger partial charge >= 0.3 is 0 Å². The van der Waals surface area contributed by atoms with Crippen LogP contribution in [0.2, 0.25) is 0 Å². The van der Waals surface area contributed by atoms with Gasteiger partial charge in [-0.2, -0.15) is 4.72 Å². The van der Waals surface area contributed by atoms with Gasteiger partial charge in [-0.15, -0.1) is 0 Å². The highest BCUT2D eigenvalue weighted by atomic mass is 32.2. The number of hydrogen-bond acceptors (Lipinski definition) is 7. The molecule has 4 N–H and O–H groups in total. The van der Waals surface area contributed by atoms with Crippen LogP contribution in [0, 0.1) is 5.92 Å². The zero-order chi connectivity index (χ0) is 27.3. The molecule has 1 fully saturated rings. The first-order valence-electron chi connectivity index (χ1n) is 13.3. The number of aromatic nitrogens is 2. The first kappa shape index (κ1) is 28.1. The third kappa shape index (κ3) is 6.54. The van der Waals surface area contributed by atoms with Crippen molar-refractivity contribution in [2.75, 3.05) is 39.0 Å². The number of H-pyrrole nitrogens is 1. The Labute approximate surface area is 224 Å². The monoisotopic (exact) mass is 545 g/mol. The van der Waals surface area contributed by atoms with Gasteiger partial charge in [-0.1, -0.05) is 19.1 Å². The number of sulfonamides is 1. The summed E-state index contributed by atoms with van der Waals surface area (Å²) in [5, 5.41) is 6.41. The fraction of sp³-hybridized carbons (Fsp3) is 0.577. The molecule has 1 aromatic heterocycles. The first-order chi connectivity index (χ1) is 18.2. The van der Waals surface area contributed by atoms with E-state index in [0.717, 1.165) is 17.5 Å². The number of fused-ring (bicyclic) bond motifs is 1. The Morgan fingerprint density at radius 2 is 2.11 bits per heavy atom. The average molecular weight is 546 g/mol. The number of rotatable bonds is 10. The molecule has 2 aliphatic rings. The van der Waals surface area contributed by atoms with E-state index in [2.05, 4.69) is 32.2 Å². The van der Waals surface area contributed by atoms with E-state index >= 15 is 0 Å². The van der Waals surface area contributed by atoms with Gasteiger partial charge in [-0.3, -0.25) is 9.59 Å². The molecule has 38 heavy (non-hydrogen) atoms. The summed E-state index contributed by atoms with van der Waals surface area (Å²) in [6.07, 6.45) is 6.06. The van der Waals surface area contributed by atoms with Crippen LogP contribution in [0.4, 0.5) is 5.95 Å². The van der Waals surface area contributed by atoms with E-state index in [1.165, 1.54) is 4.90 Å². The number of likely N-dealkylation sites (tertiary alicyclic amines) is 1. The van der Waals surface area contributed by atoms with Crippen molar-refractivity contribution in [3.05, 3.63) is 41.7 Å². The SMILES string of the molecule is CC1CCN(C(=O)[C@H](CCCNc2ncc[nH]2)NS(=O)(=O)c2cccc3c2CCNC3)C(C(=O)N(C)C)C1. The van der Waals surface area contributed by atoms with Gasteiger partial charge in [0.25, 0.3) is 0 Å². The number of hydrogen-bond donors (Lipinski definition) is 4. The van der Waals surface area contributed by atoms with Crippen LogP contribution in [0.3, 0.4) is 0 Å². The van der Waals surface area contributed by atoms with Crippen molar-refractivity contribution >= 4 is 27.8 Å². The molecule has 2 amide bonds. The topological polar surface area (TPSA) is 140 Å². The summed E-state index contributed by atoms with van der Waals surface area (Å²) in [6, 6.07) is 3.66. The minimum Gasteiger partial charge on any atom is -0.356 e. The normalized spacial score (nSPS) is 20.4. The van der Waals surface area contributed by atoms with Crippen LogP contribution in [0.25, 0.3) is 0 Å². The molecule has 4 rings (SSSR count). The average Bonchev–Trinajstić information content (AvgIpc) is 3.42. The number of nitrogens with one attached hydrogen (secondary N) is 4. The summed E-state index contributed by atoms with van der Waals surface area (Å²) in [5.41, 5.74) is 1.74. The van der Waals surface area contributed by atoms with Gasteiger partial charge in [0, 0.05) is 46.1 Å². The van der Waals surface area contributed by atoms with E-state index in [1.54, 1.807) is 43.5 Å². The number of nitrogens with zero attached hydrogens (tertiary/aromatic N) is 3. The molecule has 11 nitrogen and oxygen atoms in total. The van der Waals surface area contributed by atoms with Gasteiger partial charge in [0.15, 0.2) is 5.95 Å². The number of amides is 2. The Bertz CT molecular complexity index is 1220. The molecule has 2 aromatic rings. The highest BCUT2D eigenvalue weighted by Crippen LogP contribution is 2.27. The second kappa shape index (κ2) is 12.3. The highest BCUT2D eigenvalue weighted by molar-refractivity contribution is 7.89. The number of aromatic amines is 1. The summed E-state index contributed by atoms with van der Waals surface area (Å²) in [4.78, 5) is 37.3. The van der Waals surface area contributed by atoms with Crippen LogP contribution in [-0.2, 0) is 32.6 Å². The molecule has 208 valence electrons. The molecule has 0 aliphatic carbocycles. The van der Waals surface area contributed by atoms with Gasteiger partial charge in [0.1, 0.15) is 12.1 Å². The van der Waals surface area contributed by atoms with Crippen molar-refractivity contribution in [3.63, 3.8) is 0 Å². The maximum atomic E-state index is 13.9. The van der Waals surface area contributed by atoms with Crippen LogP contribution in [0.5, 0.6) is 0 Å². The van der Waals surface area contributed by atoms with Crippen molar-refractivity contribution in [3.8, 4) is 0 Å². The van der Waals surface area contributed by atoms with Crippen molar-refractivity contribution in [2.24, 2.45) is 5.92 Å². The molecule has 0 radical (unpaired) electrons. The lowest BCUT2D eigenvalue weighted by atomic mass is 9.91. The number of piperidine rings is 1. The lowest BCUT2D eigenvalue weighted by Gasteiger charge is -2.40. The van der Waals surface area contributed by atoms with Crippen molar-refractivity contribution in [2.45, 2.75) is 62.6 Å². The van der Waals surface area contributed by atoms with E-state index in [0.29, 0.717) is 57.3 Å².